The highest BCUT2D eigenvalue weighted by Gasteiger charge is 2.26. The molecule has 1 fully saturated rings. The van der Waals surface area contributed by atoms with Gasteiger partial charge in [-0.1, -0.05) is 11.8 Å². The van der Waals surface area contributed by atoms with Gasteiger partial charge in [0.1, 0.15) is 0 Å². The first-order valence-electron chi connectivity index (χ1n) is 3.62. The second-order valence-corrected chi connectivity index (χ2v) is 3.88. The Hall–Kier alpha value is -0.420. The standard InChI is InChI=1S/C6H13N3OS/c7-6(9-8)11-5-3-1-2-4(5)10/h4-5,10H,1-3,8H2,(H2,7,9). The molecule has 0 spiro atoms. The Balaban J connectivity index is 2.36. The molecule has 2 atom stereocenters. The summed E-state index contributed by atoms with van der Waals surface area (Å²) in [7, 11) is 0. The topological polar surface area (TPSA) is 84.6 Å². The zero-order valence-electron chi connectivity index (χ0n) is 6.23. The number of rotatable bonds is 1. The minimum Gasteiger partial charge on any atom is -0.392 e. The predicted molar refractivity (Wildman–Crippen MR) is 47.0 cm³/mol. The van der Waals surface area contributed by atoms with Gasteiger partial charge in [0.05, 0.1) is 6.10 Å². The van der Waals surface area contributed by atoms with Crippen molar-refractivity contribution in [3.63, 3.8) is 0 Å². The van der Waals surface area contributed by atoms with Crippen LogP contribution in [0.1, 0.15) is 19.3 Å². The molecule has 1 saturated carbocycles. The number of aliphatic hydroxyl groups excluding tert-OH is 1. The van der Waals surface area contributed by atoms with Gasteiger partial charge in [-0.2, -0.15) is 5.10 Å². The van der Waals surface area contributed by atoms with Crippen LogP contribution in [0.5, 0.6) is 0 Å². The van der Waals surface area contributed by atoms with E-state index in [1.807, 2.05) is 0 Å². The SMILES string of the molecule is N/N=C(\N)SC1CCCC1O. The van der Waals surface area contributed by atoms with Crippen LogP contribution < -0.4 is 11.6 Å². The summed E-state index contributed by atoms with van der Waals surface area (Å²) >= 11 is 1.37. The summed E-state index contributed by atoms with van der Waals surface area (Å²) in [5, 5.41) is 13.2. The summed E-state index contributed by atoms with van der Waals surface area (Å²) in [5.41, 5.74) is 5.39. The monoisotopic (exact) mass is 175 g/mol. The van der Waals surface area contributed by atoms with Gasteiger partial charge in [0, 0.05) is 5.25 Å². The van der Waals surface area contributed by atoms with Crippen molar-refractivity contribution in [2.75, 3.05) is 0 Å². The van der Waals surface area contributed by atoms with Crippen molar-refractivity contribution >= 4 is 16.9 Å². The molecule has 0 aromatic carbocycles. The van der Waals surface area contributed by atoms with E-state index in [1.165, 1.54) is 11.8 Å². The molecule has 0 heterocycles. The largest absolute Gasteiger partial charge is 0.392 e. The molecule has 11 heavy (non-hydrogen) atoms. The highest BCUT2D eigenvalue weighted by molar-refractivity contribution is 8.14. The zero-order valence-corrected chi connectivity index (χ0v) is 7.05. The second-order valence-electron chi connectivity index (χ2n) is 2.62. The fourth-order valence-electron chi connectivity index (χ4n) is 1.23. The van der Waals surface area contributed by atoms with Gasteiger partial charge in [-0.05, 0) is 19.3 Å². The van der Waals surface area contributed by atoms with E-state index >= 15 is 0 Å². The third-order valence-electron chi connectivity index (χ3n) is 1.82. The van der Waals surface area contributed by atoms with E-state index in [1.54, 1.807) is 0 Å². The molecule has 64 valence electrons. The number of hydrazone groups is 1. The van der Waals surface area contributed by atoms with Crippen molar-refractivity contribution in [2.45, 2.75) is 30.6 Å². The van der Waals surface area contributed by atoms with Gasteiger partial charge in [-0.15, -0.1) is 0 Å². The van der Waals surface area contributed by atoms with Gasteiger partial charge >= 0.3 is 0 Å². The molecule has 4 nitrogen and oxygen atoms in total. The first kappa shape index (κ1) is 8.67. The van der Waals surface area contributed by atoms with Crippen LogP contribution >= 0.6 is 11.8 Å². The molecule has 0 bridgehead atoms. The smallest absolute Gasteiger partial charge is 0.177 e. The number of aliphatic hydroxyl groups is 1. The van der Waals surface area contributed by atoms with E-state index in [2.05, 4.69) is 5.10 Å². The number of nitrogens with two attached hydrogens (primary N) is 2. The molecule has 1 aliphatic rings. The predicted octanol–water partition coefficient (Wildman–Crippen LogP) is -0.179. The van der Waals surface area contributed by atoms with Crippen molar-refractivity contribution in [2.24, 2.45) is 16.7 Å². The lowest BCUT2D eigenvalue weighted by molar-refractivity contribution is 0.188. The van der Waals surface area contributed by atoms with Gasteiger partial charge < -0.3 is 16.7 Å². The number of amidine groups is 1. The maximum atomic E-state index is 9.36. The number of nitrogens with zero attached hydrogens (tertiary/aromatic N) is 1. The van der Waals surface area contributed by atoms with Crippen LogP contribution in [0.25, 0.3) is 0 Å². The van der Waals surface area contributed by atoms with E-state index in [-0.39, 0.29) is 11.4 Å². The molecule has 0 aromatic heterocycles. The first-order chi connectivity index (χ1) is 5.24. The van der Waals surface area contributed by atoms with Gasteiger partial charge in [0.25, 0.3) is 0 Å². The average molecular weight is 175 g/mol. The van der Waals surface area contributed by atoms with Crippen LogP contribution in [-0.4, -0.2) is 21.6 Å². The van der Waals surface area contributed by atoms with Crippen LogP contribution in [0.3, 0.4) is 0 Å². The molecule has 0 amide bonds. The molecular formula is C6H13N3OS. The van der Waals surface area contributed by atoms with Gasteiger partial charge in [-0.3, -0.25) is 0 Å². The summed E-state index contributed by atoms with van der Waals surface area (Å²) in [6.45, 7) is 0. The third kappa shape index (κ3) is 2.27. The Labute approximate surface area is 70.0 Å². The fraction of sp³-hybridized carbons (Fsp3) is 0.833. The molecule has 2 unspecified atom stereocenters. The van der Waals surface area contributed by atoms with E-state index in [0.717, 1.165) is 19.3 Å². The Morgan fingerprint density at radius 2 is 2.27 bits per heavy atom. The zero-order chi connectivity index (χ0) is 8.27. The number of hydrogen-bond acceptors (Lipinski definition) is 4. The quantitative estimate of drug-likeness (QED) is 0.223. The lowest BCUT2D eigenvalue weighted by atomic mass is 10.3. The Kier molecular flexibility index (Phi) is 3.02. The van der Waals surface area contributed by atoms with Gasteiger partial charge in [0.2, 0.25) is 0 Å². The van der Waals surface area contributed by atoms with Gasteiger partial charge in [-0.25, -0.2) is 0 Å². The lowest BCUT2D eigenvalue weighted by Gasteiger charge is -2.11. The fourth-order valence-corrected chi connectivity index (χ4v) is 2.18. The van der Waals surface area contributed by atoms with Crippen molar-refractivity contribution in [1.29, 1.82) is 0 Å². The Bertz CT molecular complexity index is 162. The summed E-state index contributed by atoms with van der Waals surface area (Å²) < 4.78 is 0. The van der Waals surface area contributed by atoms with E-state index in [4.69, 9.17) is 11.6 Å². The maximum absolute atomic E-state index is 9.36. The van der Waals surface area contributed by atoms with Crippen molar-refractivity contribution < 1.29 is 5.11 Å². The summed E-state index contributed by atoms with van der Waals surface area (Å²) in [6, 6.07) is 0. The molecular weight excluding hydrogens is 162 g/mol. The lowest BCUT2D eigenvalue weighted by Crippen LogP contribution is -2.21. The minimum absolute atomic E-state index is 0.197. The van der Waals surface area contributed by atoms with Gasteiger partial charge in [0.15, 0.2) is 5.17 Å². The third-order valence-corrected chi connectivity index (χ3v) is 3.02. The molecule has 1 aliphatic carbocycles. The summed E-state index contributed by atoms with van der Waals surface area (Å²) in [5.74, 6) is 4.96. The molecule has 0 saturated heterocycles. The molecule has 1 rings (SSSR count). The molecule has 0 radical (unpaired) electrons. The van der Waals surface area contributed by atoms with Crippen molar-refractivity contribution in [3.8, 4) is 0 Å². The second kappa shape index (κ2) is 3.82. The van der Waals surface area contributed by atoms with Crippen molar-refractivity contribution in [1.82, 2.24) is 0 Å². The molecule has 0 aromatic rings. The van der Waals surface area contributed by atoms with Crippen molar-refractivity contribution in [3.05, 3.63) is 0 Å². The Morgan fingerprint density at radius 3 is 2.73 bits per heavy atom. The van der Waals surface area contributed by atoms with Crippen LogP contribution in [0, 0.1) is 0 Å². The van der Waals surface area contributed by atoms with Crippen LogP contribution in [0.2, 0.25) is 0 Å². The highest BCUT2D eigenvalue weighted by Crippen LogP contribution is 2.29. The maximum Gasteiger partial charge on any atom is 0.177 e. The van der Waals surface area contributed by atoms with E-state index < -0.39 is 0 Å². The number of hydrogen-bond donors (Lipinski definition) is 3. The summed E-state index contributed by atoms with van der Waals surface area (Å²) in [6.07, 6.45) is 2.70. The summed E-state index contributed by atoms with van der Waals surface area (Å²) in [4.78, 5) is 0. The number of thioether (sulfide) groups is 1. The molecule has 0 aliphatic heterocycles. The normalized spacial score (nSPS) is 32.6. The highest BCUT2D eigenvalue weighted by atomic mass is 32.2. The molecule has 5 heteroatoms. The van der Waals surface area contributed by atoms with Crippen LogP contribution in [0.4, 0.5) is 0 Å². The Morgan fingerprint density at radius 1 is 1.55 bits per heavy atom. The van der Waals surface area contributed by atoms with E-state index in [9.17, 15) is 5.11 Å². The molecule has 5 N–H and O–H groups in total. The van der Waals surface area contributed by atoms with Crippen LogP contribution in [-0.2, 0) is 0 Å². The van der Waals surface area contributed by atoms with Crippen LogP contribution in [0.15, 0.2) is 5.10 Å². The van der Waals surface area contributed by atoms with E-state index in [0.29, 0.717) is 5.17 Å². The first-order valence-corrected chi connectivity index (χ1v) is 4.50. The minimum atomic E-state index is -0.236. The average Bonchev–Trinajstić information content (AvgIpc) is 2.37.